The number of rotatable bonds is 6. The number of carbonyl (C=O) groups is 1. The van der Waals surface area contributed by atoms with E-state index in [1.165, 1.54) is 5.56 Å². The molecule has 0 radical (unpaired) electrons. The van der Waals surface area contributed by atoms with Crippen molar-refractivity contribution in [3.63, 3.8) is 0 Å². The molecule has 7 heteroatoms. The van der Waals surface area contributed by atoms with Gasteiger partial charge in [0.1, 0.15) is 19.0 Å². The van der Waals surface area contributed by atoms with Crippen molar-refractivity contribution in [2.75, 3.05) is 25.6 Å². The number of benzene rings is 2. The number of carbonyl (C=O) groups excluding carboxylic acids is 1. The zero-order valence-electron chi connectivity index (χ0n) is 18.8. The fourth-order valence-corrected chi connectivity index (χ4v) is 4.62. The van der Waals surface area contributed by atoms with Crippen LogP contribution < -0.4 is 24.8 Å². The van der Waals surface area contributed by atoms with Crippen molar-refractivity contribution < 1.29 is 19.0 Å². The average molecular weight is 448 g/mol. The fraction of sp³-hybridized carbons (Fsp3) is 0.385. The second-order valence-electron chi connectivity index (χ2n) is 8.64. The van der Waals surface area contributed by atoms with Crippen LogP contribution in [0.15, 0.2) is 48.7 Å². The Balaban J connectivity index is 1.14. The van der Waals surface area contributed by atoms with Crippen LogP contribution in [0.5, 0.6) is 17.2 Å². The zero-order valence-corrected chi connectivity index (χ0v) is 18.8. The number of pyridine rings is 1. The molecule has 2 N–H and O–H groups in total. The van der Waals surface area contributed by atoms with E-state index in [1.807, 2.05) is 30.3 Å². The van der Waals surface area contributed by atoms with Gasteiger partial charge in [-0.25, -0.2) is 0 Å². The van der Waals surface area contributed by atoms with Crippen LogP contribution >= 0.6 is 0 Å². The molecule has 1 fully saturated rings. The van der Waals surface area contributed by atoms with Gasteiger partial charge in [-0.15, -0.1) is 0 Å². The lowest BCUT2D eigenvalue weighted by Crippen LogP contribution is -2.36. The first kappa shape index (κ1) is 21.5. The van der Waals surface area contributed by atoms with E-state index < -0.39 is 0 Å². The molecule has 0 spiro atoms. The van der Waals surface area contributed by atoms with Gasteiger partial charge in [-0.05, 0) is 67.6 Å². The third-order valence-corrected chi connectivity index (χ3v) is 6.51. The summed E-state index contributed by atoms with van der Waals surface area (Å²) in [5.41, 5.74) is 2.79. The average Bonchev–Trinajstić information content (AvgIpc) is 2.87. The van der Waals surface area contributed by atoms with Crippen LogP contribution in [0.1, 0.15) is 31.2 Å². The highest BCUT2D eigenvalue weighted by molar-refractivity contribution is 6.02. The number of aromatic nitrogens is 1. The van der Waals surface area contributed by atoms with Crippen molar-refractivity contribution in [1.29, 1.82) is 0 Å². The van der Waals surface area contributed by atoms with Gasteiger partial charge in [0.2, 0.25) is 5.91 Å². The molecule has 1 aromatic heterocycles. The zero-order chi connectivity index (χ0) is 22.6. The monoisotopic (exact) mass is 447 g/mol. The third-order valence-electron chi connectivity index (χ3n) is 6.51. The van der Waals surface area contributed by atoms with Gasteiger partial charge in [0.05, 0.1) is 18.3 Å². The maximum Gasteiger partial charge on any atom is 0.227 e. The summed E-state index contributed by atoms with van der Waals surface area (Å²) in [7, 11) is 1.63. The lowest BCUT2D eigenvalue weighted by Gasteiger charge is -2.29. The number of hydrogen-bond acceptors (Lipinski definition) is 6. The van der Waals surface area contributed by atoms with Crippen molar-refractivity contribution in [3.8, 4) is 17.2 Å². The van der Waals surface area contributed by atoms with Gasteiger partial charge >= 0.3 is 0 Å². The molecule has 33 heavy (non-hydrogen) atoms. The minimum Gasteiger partial charge on any atom is -0.497 e. The number of methoxy groups -OCH3 is 1. The lowest BCUT2D eigenvalue weighted by atomic mass is 9.85. The number of amides is 1. The van der Waals surface area contributed by atoms with E-state index in [9.17, 15) is 4.79 Å². The molecular weight excluding hydrogens is 418 g/mol. The molecule has 1 amide bonds. The van der Waals surface area contributed by atoms with Gasteiger partial charge in [-0.3, -0.25) is 9.78 Å². The van der Waals surface area contributed by atoms with Crippen LogP contribution in [0.25, 0.3) is 10.9 Å². The first-order valence-electron chi connectivity index (χ1n) is 11.5. The van der Waals surface area contributed by atoms with Crippen molar-refractivity contribution in [2.45, 2.75) is 38.3 Å². The van der Waals surface area contributed by atoms with Gasteiger partial charge in [-0.1, -0.05) is 6.07 Å². The van der Waals surface area contributed by atoms with Gasteiger partial charge < -0.3 is 24.8 Å². The Bertz CT molecular complexity index is 1140. The number of nitrogens with zero attached hydrogens (tertiary/aromatic N) is 1. The van der Waals surface area contributed by atoms with Crippen molar-refractivity contribution in [1.82, 2.24) is 10.3 Å². The molecule has 0 bridgehead atoms. The molecule has 0 unspecified atom stereocenters. The second-order valence-corrected chi connectivity index (χ2v) is 8.64. The predicted molar refractivity (Wildman–Crippen MR) is 127 cm³/mol. The molecule has 1 saturated carbocycles. The molecule has 2 aromatic carbocycles. The highest BCUT2D eigenvalue weighted by atomic mass is 16.6. The molecule has 5 rings (SSSR count). The molecule has 2 aliphatic rings. The number of hydrogen-bond donors (Lipinski definition) is 2. The molecule has 3 aromatic rings. The van der Waals surface area contributed by atoms with Gasteiger partial charge in [-0.2, -0.15) is 0 Å². The predicted octanol–water partition coefficient (Wildman–Crippen LogP) is 4.30. The van der Waals surface area contributed by atoms with Gasteiger partial charge in [0, 0.05) is 30.1 Å². The number of anilines is 1. The van der Waals surface area contributed by atoms with E-state index >= 15 is 0 Å². The van der Waals surface area contributed by atoms with Gasteiger partial charge in [0.25, 0.3) is 0 Å². The lowest BCUT2D eigenvalue weighted by molar-refractivity contribution is -0.120. The summed E-state index contributed by atoms with van der Waals surface area (Å²) in [6.07, 6.45) is 5.43. The Kier molecular flexibility index (Phi) is 6.30. The van der Waals surface area contributed by atoms with Gasteiger partial charge in [0.15, 0.2) is 11.5 Å². The topological polar surface area (TPSA) is 81.7 Å². The minimum absolute atomic E-state index is 0.0196. The maximum absolute atomic E-state index is 13.0. The Morgan fingerprint density at radius 1 is 1.03 bits per heavy atom. The molecular formula is C26H29N3O4. The first-order valence-corrected chi connectivity index (χ1v) is 11.5. The summed E-state index contributed by atoms with van der Waals surface area (Å²) in [4.78, 5) is 17.4. The van der Waals surface area contributed by atoms with Crippen molar-refractivity contribution in [2.24, 2.45) is 5.92 Å². The van der Waals surface area contributed by atoms with Crippen molar-refractivity contribution in [3.05, 3.63) is 54.2 Å². The van der Waals surface area contributed by atoms with Crippen molar-refractivity contribution >= 4 is 22.5 Å². The molecule has 1 aliphatic carbocycles. The normalized spacial score (nSPS) is 19.8. The summed E-state index contributed by atoms with van der Waals surface area (Å²) in [6, 6.07) is 14.1. The molecule has 7 nitrogen and oxygen atoms in total. The summed E-state index contributed by atoms with van der Waals surface area (Å²) in [5.74, 6) is 2.48. The summed E-state index contributed by atoms with van der Waals surface area (Å²) in [6.45, 7) is 1.98. The molecule has 0 atom stereocenters. The van der Waals surface area contributed by atoms with E-state index in [0.29, 0.717) is 19.3 Å². The van der Waals surface area contributed by atoms with E-state index in [1.54, 1.807) is 13.3 Å². The smallest absolute Gasteiger partial charge is 0.227 e. The first-order chi connectivity index (χ1) is 16.2. The standard InChI is InChI=1S/C26H29N3O4/c1-31-20-7-8-22-21(15-20)23(10-11-27-22)29-26(30)18-3-5-19(6-4-18)28-16-17-2-9-24-25(14-17)33-13-12-32-24/h2,7-11,14-15,18-19,28H,3-6,12-13,16H2,1H3,(H,27,29,30)/t18-,19-. The van der Waals surface area contributed by atoms with Crippen LogP contribution in [-0.2, 0) is 11.3 Å². The summed E-state index contributed by atoms with van der Waals surface area (Å²) < 4.78 is 16.6. The second kappa shape index (κ2) is 9.67. The number of nitrogens with one attached hydrogen (secondary N) is 2. The highest BCUT2D eigenvalue weighted by Gasteiger charge is 2.26. The Hall–Kier alpha value is -3.32. The molecule has 172 valence electrons. The van der Waals surface area contributed by atoms with E-state index in [0.717, 1.165) is 66.1 Å². The van der Waals surface area contributed by atoms with E-state index in [4.69, 9.17) is 14.2 Å². The van der Waals surface area contributed by atoms with Crippen LogP contribution in [0.4, 0.5) is 5.69 Å². The van der Waals surface area contributed by atoms with Crippen LogP contribution in [0, 0.1) is 5.92 Å². The maximum atomic E-state index is 13.0. The Morgan fingerprint density at radius 2 is 1.85 bits per heavy atom. The molecule has 2 heterocycles. The molecule has 0 saturated heterocycles. The highest BCUT2D eigenvalue weighted by Crippen LogP contribution is 2.32. The Morgan fingerprint density at radius 3 is 2.67 bits per heavy atom. The summed E-state index contributed by atoms with van der Waals surface area (Å²) >= 11 is 0. The van der Waals surface area contributed by atoms with E-state index in [-0.39, 0.29) is 11.8 Å². The number of fused-ring (bicyclic) bond motifs is 2. The molecule has 1 aliphatic heterocycles. The van der Waals surface area contributed by atoms with Crippen LogP contribution in [0.2, 0.25) is 0 Å². The largest absolute Gasteiger partial charge is 0.497 e. The Labute approximate surface area is 193 Å². The van der Waals surface area contributed by atoms with Crippen LogP contribution in [-0.4, -0.2) is 37.3 Å². The third kappa shape index (κ3) is 4.88. The quantitative estimate of drug-likeness (QED) is 0.586. The minimum atomic E-state index is 0.0196. The van der Waals surface area contributed by atoms with Crippen LogP contribution in [0.3, 0.4) is 0 Å². The number of ether oxygens (including phenoxy) is 3. The van der Waals surface area contributed by atoms with E-state index in [2.05, 4.69) is 27.8 Å². The summed E-state index contributed by atoms with van der Waals surface area (Å²) in [5, 5.41) is 7.66. The SMILES string of the molecule is COc1ccc2nccc(NC(=O)[C@H]3CC[C@H](NCc4ccc5c(c4)OCCO5)CC3)c2c1. The fourth-order valence-electron chi connectivity index (χ4n) is 4.62.